The van der Waals surface area contributed by atoms with Gasteiger partial charge in [0.2, 0.25) is 5.91 Å². The van der Waals surface area contributed by atoms with Crippen LogP contribution in [0.2, 0.25) is 0 Å². The van der Waals surface area contributed by atoms with E-state index in [1.165, 1.54) is 0 Å². The van der Waals surface area contributed by atoms with E-state index in [0.29, 0.717) is 35.9 Å². The fourth-order valence-electron chi connectivity index (χ4n) is 3.99. The SMILES string of the molecule is Cc1ccc(C)c(S(=O)(=O)Nc2ccc(C(=O)N3CCCC(C(=O)NC4CC4)C3)cc2)c1. The molecular weight excluding hydrogens is 426 g/mol. The highest BCUT2D eigenvalue weighted by molar-refractivity contribution is 7.92. The lowest BCUT2D eigenvalue weighted by Crippen LogP contribution is -2.45. The molecule has 1 aliphatic heterocycles. The predicted molar refractivity (Wildman–Crippen MR) is 123 cm³/mol. The Morgan fingerprint density at radius 3 is 2.41 bits per heavy atom. The lowest BCUT2D eigenvalue weighted by atomic mass is 9.96. The minimum absolute atomic E-state index is 0.0428. The summed E-state index contributed by atoms with van der Waals surface area (Å²) in [5.41, 5.74) is 2.40. The third-order valence-electron chi connectivity index (χ3n) is 6.02. The van der Waals surface area contributed by atoms with Crippen molar-refractivity contribution in [2.75, 3.05) is 17.8 Å². The molecule has 2 amide bonds. The Kier molecular flexibility index (Phi) is 6.24. The van der Waals surface area contributed by atoms with E-state index in [0.717, 1.165) is 31.2 Å². The molecule has 1 unspecified atom stereocenters. The Hall–Kier alpha value is -2.87. The third kappa shape index (κ3) is 5.12. The van der Waals surface area contributed by atoms with Gasteiger partial charge in [0.25, 0.3) is 15.9 Å². The Balaban J connectivity index is 1.42. The first kappa shape index (κ1) is 22.3. The molecule has 1 atom stereocenters. The number of likely N-dealkylation sites (tertiary alicyclic amines) is 1. The molecule has 32 heavy (non-hydrogen) atoms. The van der Waals surface area contributed by atoms with Crippen LogP contribution in [-0.2, 0) is 14.8 Å². The van der Waals surface area contributed by atoms with Crippen molar-refractivity contribution in [3.63, 3.8) is 0 Å². The predicted octanol–water partition coefficient (Wildman–Crippen LogP) is 3.24. The highest BCUT2D eigenvalue weighted by Crippen LogP contribution is 2.24. The number of benzene rings is 2. The monoisotopic (exact) mass is 455 g/mol. The fraction of sp³-hybridized carbons (Fsp3) is 0.417. The van der Waals surface area contributed by atoms with Crippen molar-refractivity contribution in [3.05, 3.63) is 59.2 Å². The number of piperidine rings is 1. The zero-order valence-electron chi connectivity index (χ0n) is 18.4. The van der Waals surface area contributed by atoms with E-state index < -0.39 is 10.0 Å². The van der Waals surface area contributed by atoms with E-state index in [9.17, 15) is 18.0 Å². The molecule has 0 radical (unpaired) electrons. The lowest BCUT2D eigenvalue weighted by molar-refractivity contribution is -0.126. The van der Waals surface area contributed by atoms with E-state index in [-0.39, 0.29) is 22.6 Å². The lowest BCUT2D eigenvalue weighted by Gasteiger charge is -2.32. The van der Waals surface area contributed by atoms with Crippen molar-refractivity contribution in [3.8, 4) is 0 Å². The third-order valence-corrected chi connectivity index (χ3v) is 7.54. The first-order valence-corrected chi connectivity index (χ1v) is 12.5. The number of rotatable bonds is 6. The highest BCUT2D eigenvalue weighted by atomic mass is 32.2. The molecule has 2 aromatic rings. The molecule has 170 valence electrons. The van der Waals surface area contributed by atoms with Crippen LogP contribution in [0.15, 0.2) is 47.4 Å². The first-order valence-electron chi connectivity index (χ1n) is 11.0. The minimum atomic E-state index is -3.73. The number of hydrogen-bond donors (Lipinski definition) is 2. The van der Waals surface area contributed by atoms with Crippen molar-refractivity contribution in [2.24, 2.45) is 5.92 Å². The van der Waals surface area contributed by atoms with Crippen LogP contribution in [-0.4, -0.2) is 44.3 Å². The van der Waals surface area contributed by atoms with Crippen LogP contribution in [0.1, 0.15) is 47.2 Å². The van der Waals surface area contributed by atoms with Gasteiger partial charge in [0.1, 0.15) is 0 Å². The van der Waals surface area contributed by atoms with Crippen molar-refractivity contribution >= 4 is 27.5 Å². The molecule has 2 aliphatic rings. The number of carbonyl (C=O) groups is 2. The molecule has 1 aliphatic carbocycles. The number of amides is 2. The molecule has 1 heterocycles. The van der Waals surface area contributed by atoms with Gasteiger partial charge in [-0.05, 0) is 81.0 Å². The number of hydrogen-bond acceptors (Lipinski definition) is 4. The van der Waals surface area contributed by atoms with Crippen molar-refractivity contribution < 1.29 is 18.0 Å². The van der Waals surface area contributed by atoms with Crippen LogP contribution in [0.4, 0.5) is 5.69 Å². The maximum Gasteiger partial charge on any atom is 0.262 e. The van der Waals surface area contributed by atoms with E-state index in [1.54, 1.807) is 48.2 Å². The summed E-state index contributed by atoms with van der Waals surface area (Å²) in [6.45, 7) is 4.64. The Bertz CT molecular complexity index is 1120. The van der Waals surface area contributed by atoms with Crippen LogP contribution in [0, 0.1) is 19.8 Å². The number of carbonyl (C=O) groups excluding carboxylic acids is 2. The minimum Gasteiger partial charge on any atom is -0.353 e. The number of nitrogens with zero attached hydrogens (tertiary/aromatic N) is 1. The largest absolute Gasteiger partial charge is 0.353 e. The Morgan fingerprint density at radius 2 is 1.72 bits per heavy atom. The van der Waals surface area contributed by atoms with E-state index in [1.807, 2.05) is 13.0 Å². The zero-order valence-corrected chi connectivity index (χ0v) is 19.2. The molecule has 0 bridgehead atoms. The van der Waals surface area contributed by atoms with Gasteiger partial charge in [0.15, 0.2) is 0 Å². The Morgan fingerprint density at radius 1 is 1.00 bits per heavy atom. The normalized spacial score (nSPS) is 18.8. The van der Waals surface area contributed by atoms with Gasteiger partial charge in [-0.1, -0.05) is 12.1 Å². The topological polar surface area (TPSA) is 95.6 Å². The molecule has 1 saturated heterocycles. The molecule has 1 saturated carbocycles. The van der Waals surface area contributed by atoms with Crippen LogP contribution in [0.25, 0.3) is 0 Å². The highest BCUT2D eigenvalue weighted by Gasteiger charge is 2.32. The van der Waals surface area contributed by atoms with Crippen molar-refractivity contribution in [1.82, 2.24) is 10.2 Å². The first-order chi connectivity index (χ1) is 15.2. The second-order valence-corrected chi connectivity index (χ2v) is 10.5. The summed E-state index contributed by atoms with van der Waals surface area (Å²) >= 11 is 0. The summed E-state index contributed by atoms with van der Waals surface area (Å²) in [5, 5.41) is 3.03. The molecule has 4 rings (SSSR count). The quantitative estimate of drug-likeness (QED) is 0.699. The van der Waals surface area contributed by atoms with Crippen LogP contribution in [0.5, 0.6) is 0 Å². The van der Waals surface area contributed by atoms with Gasteiger partial charge < -0.3 is 10.2 Å². The average Bonchev–Trinajstić information content (AvgIpc) is 3.59. The maximum absolute atomic E-state index is 13.0. The van der Waals surface area contributed by atoms with Gasteiger partial charge >= 0.3 is 0 Å². The summed E-state index contributed by atoms with van der Waals surface area (Å²) in [4.78, 5) is 27.3. The van der Waals surface area contributed by atoms with Gasteiger partial charge in [0, 0.05) is 30.4 Å². The van der Waals surface area contributed by atoms with E-state index in [4.69, 9.17) is 0 Å². The molecule has 8 heteroatoms. The summed E-state index contributed by atoms with van der Waals surface area (Å²) in [6, 6.07) is 12.0. The van der Waals surface area contributed by atoms with Gasteiger partial charge in [-0.2, -0.15) is 0 Å². The van der Waals surface area contributed by atoms with Gasteiger partial charge in [-0.15, -0.1) is 0 Å². The summed E-state index contributed by atoms with van der Waals surface area (Å²) in [7, 11) is -3.73. The molecule has 2 fully saturated rings. The van der Waals surface area contributed by atoms with Crippen LogP contribution < -0.4 is 10.0 Å². The summed E-state index contributed by atoms with van der Waals surface area (Å²) < 4.78 is 28.2. The average molecular weight is 456 g/mol. The van der Waals surface area contributed by atoms with Crippen molar-refractivity contribution in [2.45, 2.75) is 50.5 Å². The van der Waals surface area contributed by atoms with Gasteiger partial charge in [-0.25, -0.2) is 8.42 Å². The molecule has 0 spiro atoms. The smallest absolute Gasteiger partial charge is 0.262 e. The summed E-state index contributed by atoms with van der Waals surface area (Å²) in [5.74, 6) is -0.268. The van der Waals surface area contributed by atoms with Gasteiger partial charge in [-0.3, -0.25) is 14.3 Å². The van der Waals surface area contributed by atoms with E-state index in [2.05, 4.69) is 10.0 Å². The number of aryl methyl sites for hydroxylation is 2. The zero-order chi connectivity index (χ0) is 22.9. The van der Waals surface area contributed by atoms with Crippen molar-refractivity contribution in [1.29, 1.82) is 0 Å². The Labute approximate surface area is 189 Å². The standard InChI is InChI=1S/C24H29N3O4S/c1-16-5-6-17(2)22(14-16)32(30,31)26-21-9-7-18(8-10-21)24(29)27-13-3-4-19(15-27)23(28)25-20-11-12-20/h5-10,14,19-20,26H,3-4,11-13,15H2,1-2H3,(H,25,28). The molecule has 2 N–H and O–H groups in total. The maximum atomic E-state index is 13.0. The fourth-order valence-corrected chi connectivity index (χ4v) is 5.38. The van der Waals surface area contributed by atoms with Crippen LogP contribution in [0.3, 0.4) is 0 Å². The van der Waals surface area contributed by atoms with Gasteiger partial charge in [0.05, 0.1) is 10.8 Å². The number of sulfonamides is 1. The number of nitrogens with one attached hydrogen (secondary N) is 2. The molecular formula is C24H29N3O4S. The second-order valence-electron chi connectivity index (χ2n) is 8.82. The molecule has 2 aromatic carbocycles. The summed E-state index contributed by atoms with van der Waals surface area (Å²) in [6.07, 6.45) is 3.67. The van der Waals surface area contributed by atoms with Crippen LogP contribution >= 0.6 is 0 Å². The molecule has 0 aromatic heterocycles. The van der Waals surface area contributed by atoms with E-state index >= 15 is 0 Å². The molecule has 7 nitrogen and oxygen atoms in total. The number of anilines is 1. The second kappa shape index (κ2) is 8.94.